The van der Waals surface area contributed by atoms with Crippen molar-refractivity contribution in [3.05, 3.63) is 52.8 Å². The number of aromatic nitrogens is 4. The zero-order chi connectivity index (χ0) is 18.8. The number of hydrogen-bond acceptors (Lipinski definition) is 4. The second kappa shape index (κ2) is 7.50. The summed E-state index contributed by atoms with van der Waals surface area (Å²) in [6, 6.07) is 10.2. The second-order valence-corrected chi connectivity index (χ2v) is 7.41. The van der Waals surface area contributed by atoms with Gasteiger partial charge in [-0.25, -0.2) is 0 Å². The van der Waals surface area contributed by atoms with Crippen molar-refractivity contribution in [3.63, 3.8) is 0 Å². The van der Waals surface area contributed by atoms with Crippen LogP contribution in [0.5, 0.6) is 0 Å². The quantitative estimate of drug-likeness (QED) is 0.483. The van der Waals surface area contributed by atoms with E-state index in [-0.39, 0.29) is 5.78 Å². The van der Waals surface area contributed by atoms with Gasteiger partial charge in [0.15, 0.2) is 16.8 Å². The smallest absolute Gasteiger partial charge is 0.191 e. The highest BCUT2D eigenvalue weighted by Gasteiger charge is 2.17. The van der Waals surface area contributed by atoms with Gasteiger partial charge in [0.05, 0.1) is 5.75 Å². The average molecular weight is 369 g/mol. The Morgan fingerprint density at radius 2 is 1.81 bits per heavy atom. The molecule has 2 aromatic heterocycles. The maximum Gasteiger partial charge on any atom is 0.191 e. The highest BCUT2D eigenvalue weighted by Crippen LogP contribution is 2.24. The average Bonchev–Trinajstić information content (AvgIpc) is 3.13. The summed E-state index contributed by atoms with van der Waals surface area (Å²) in [4.78, 5) is 12.7. The SMILES string of the molecule is CCn1c(C)cc(C(=O)CSc2nnc(-c3ccc(C)cc3)n2C)c1C. The summed E-state index contributed by atoms with van der Waals surface area (Å²) < 4.78 is 4.10. The Kier molecular flexibility index (Phi) is 5.32. The maximum atomic E-state index is 12.7. The number of aryl methyl sites for hydroxylation is 2. The van der Waals surface area contributed by atoms with Crippen molar-refractivity contribution in [3.8, 4) is 11.4 Å². The standard InChI is InChI=1S/C20H24N4OS/c1-6-24-14(3)11-17(15(24)4)18(25)12-26-20-22-21-19(23(20)5)16-9-7-13(2)8-10-16/h7-11H,6,12H2,1-5H3. The van der Waals surface area contributed by atoms with Crippen molar-refractivity contribution in [1.29, 1.82) is 0 Å². The van der Waals surface area contributed by atoms with E-state index in [0.717, 1.165) is 40.0 Å². The van der Waals surface area contributed by atoms with Crippen LogP contribution in [0.25, 0.3) is 11.4 Å². The second-order valence-electron chi connectivity index (χ2n) is 6.47. The molecule has 0 unspecified atom stereocenters. The number of benzene rings is 1. The lowest BCUT2D eigenvalue weighted by Gasteiger charge is -2.06. The predicted molar refractivity (Wildman–Crippen MR) is 106 cm³/mol. The zero-order valence-electron chi connectivity index (χ0n) is 15.9. The fourth-order valence-electron chi connectivity index (χ4n) is 3.17. The maximum absolute atomic E-state index is 12.7. The molecule has 3 rings (SSSR count). The first-order valence-corrected chi connectivity index (χ1v) is 9.70. The monoisotopic (exact) mass is 368 g/mol. The third-order valence-corrected chi connectivity index (χ3v) is 5.69. The van der Waals surface area contributed by atoms with E-state index in [2.05, 4.69) is 40.7 Å². The van der Waals surface area contributed by atoms with Crippen molar-refractivity contribution >= 4 is 17.5 Å². The third-order valence-electron chi connectivity index (χ3n) is 4.67. The van der Waals surface area contributed by atoms with Crippen LogP contribution in [0.2, 0.25) is 0 Å². The minimum absolute atomic E-state index is 0.127. The molecule has 3 aromatic rings. The number of carbonyl (C=O) groups is 1. The Labute approximate surface area is 158 Å². The van der Waals surface area contributed by atoms with Crippen LogP contribution in [0.15, 0.2) is 35.5 Å². The van der Waals surface area contributed by atoms with Crippen molar-refractivity contribution in [2.75, 3.05) is 5.75 Å². The number of rotatable bonds is 6. The molecule has 0 radical (unpaired) electrons. The summed E-state index contributed by atoms with van der Waals surface area (Å²) in [6.07, 6.45) is 0. The highest BCUT2D eigenvalue weighted by atomic mass is 32.2. The van der Waals surface area contributed by atoms with Gasteiger partial charge in [-0.15, -0.1) is 10.2 Å². The van der Waals surface area contributed by atoms with Crippen LogP contribution in [-0.4, -0.2) is 30.9 Å². The van der Waals surface area contributed by atoms with Gasteiger partial charge in [-0.2, -0.15) is 0 Å². The molecule has 0 aliphatic carbocycles. The van der Waals surface area contributed by atoms with E-state index in [1.807, 2.05) is 43.7 Å². The van der Waals surface area contributed by atoms with E-state index in [1.165, 1.54) is 17.3 Å². The Balaban J connectivity index is 1.74. The van der Waals surface area contributed by atoms with Crippen LogP contribution < -0.4 is 0 Å². The van der Waals surface area contributed by atoms with Crippen molar-refractivity contribution in [2.24, 2.45) is 7.05 Å². The molecule has 0 atom stereocenters. The first-order valence-electron chi connectivity index (χ1n) is 8.71. The van der Waals surface area contributed by atoms with E-state index in [9.17, 15) is 4.79 Å². The largest absolute Gasteiger partial charge is 0.349 e. The number of hydrogen-bond donors (Lipinski definition) is 0. The lowest BCUT2D eigenvalue weighted by molar-refractivity contribution is 0.102. The summed E-state index contributed by atoms with van der Waals surface area (Å²) in [5, 5.41) is 9.30. The van der Waals surface area contributed by atoms with Crippen LogP contribution in [0.3, 0.4) is 0 Å². The van der Waals surface area contributed by atoms with E-state index < -0.39 is 0 Å². The van der Waals surface area contributed by atoms with Gasteiger partial charge in [-0.1, -0.05) is 41.6 Å². The number of carbonyl (C=O) groups excluding carboxylic acids is 1. The molecule has 0 bridgehead atoms. The van der Waals surface area contributed by atoms with Crippen LogP contribution >= 0.6 is 11.8 Å². The molecule has 2 heterocycles. The summed E-state index contributed by atoms with van der Waals surface area (Å²) in [6.45, 7) is 9.07. The van der Waals surface area contributed by atoms with Crippen LogP contribution in [0.1, 0.15) is 34.2 Å². The van der Waals surface area contributed by atoms with Gasteiger partial charge in [0.1, 0.15) is 0 Å². The normalized spacial score (nSPS) is 11.1. The summed E-state index contributed by atoms with van der Waals surface area (Å²) in [5.41, 5.74) is 5.20. The Bertz CT molecular complexity index is 938. The predicted octanol–water partition coefficient (Wildman–Crippen LogP) is 4.20. The fraction of sp³-hybridized carbons (Fsp3) is 0.350. The molecule has 5 nitrogen and oxygen atoms in total. The lowest BCUT2D eigenvalue weighted by Crippen LogP contribution is -2.06. The minimum Gasteiger partial charge on any atom is -0.349 e. The molecule has 6 heteroatoms. The molecule has 0 saturated carbocycles. The number of ketones is 1. The Hall–Kier alpha value is -2.34. The number of Topliss-reactive ketones (excluding diaryl/α,β-unsaturated/α-hetero) is 1. The van der Waals surface area contributed by atoms with Gasteiger partial charge in [-0.05, 0) is 33.8 Å². The summed E-state index contributed by atoms with van der Waals surface area (Å²) in [7, 11) is 1.94. The van der Waals surface area contributed by atoms with Gasteiger partial charge < -0.3 is 9.13 Å². The van der Waals surface area contributed by atoms with Gasteiger partial charge in [-0.3, -0.25) is 4.79 Å². The Morgan fingerprint density at radius 3 is 2.42 bits per heavy atom. The molecule has 0 saturated heterocycles. The van der Waals surface area contributed by atoms with Crippen LogP contribution in [-0.2, 0) is 13.6 Å². The summed E-state index contributed by atoms with van der Waals surface area (Å²) in [5.74, 6) is 1.29. The lowest BCUT2D eigenvalue weighted by atomic mass is 10.1. The first-order chi connectivity index (χ1) is 12.4. The number of thioether (sulfide) groups is 1. The molecule has 0 aliphatic heterocycles. The molecular formula is C20H24N4OS. The van der Waals surface area contributed by atoms with E-state index in [4.69, 9.17) is 0 Å². The molecule has 0 fully saturated rings. The van der Waals surface area contributed by atoms with Gasteiger partial charge in [0.2, 0.25) is 0 Å². The summed E-state index contributed by atoms with van der Waals surface area (Å²) >= 11 is 1.43. The molecule has 26 heavy (non-hydrogen) atoms. The highest BCUT2D eigenvalue weighted by molar-refractivity contribution is 7.99. The van der Waals surface area contributed by atoms with Gasteiger partial charge in [0.25, 0.3) is 0 Å². The van der Waals surface area contributed by atoms with Crippen LogP contribution in [0, 0.1) is 20.8 Å². The topological polar surface area (TPSA) is 52.7 Å². The molecule has 136 valence electrons. The van der Waals surface area contributed by atoms with Crippen molar-refractivity contribution in [1.82, 2.24) is 19.3 Å². The van der Waals surface area contributed by atoms with Gasteiger partial charge in [0, 0.05) is 36.1 Å². The molecule has 0 aliphatic rings. The molecule has 1 aromatic carbocycles. The first kappa shape index (κ1) is 18.5. The van der Waals surface area contributed by atoms with E-state index in [1.54, 1.807) is 0 Å². The van der Waals surface area contributed by atoms with Crippen molar-refractivity contribution in [2.45, 2.75) is 39.4 Å². The minimum atomic E-state index is 0.127. The van der Waals surface area contributed by atoms with E-state index in [0.29, 0.717) is 5.75 Å². The van der Waals surface area contributed by atoms with E-state index >= 15 is 0 Å². The molecular weight excluding hydrogens is 344 g/mol. The molecule has 0 N–H and O–H groups in total. The van der Waals surface area contributed by atoms with Crippen LogP contribution in [0.4, 0.5) is 0 Å². The third kappa shape index (κ3) is 3.46. The fourth-order valence-corrected chi connectivity index (χ4v) is 3.97. The van der Waals surface area contributed by atoms with Gasteiger partial charge >= 0.3 is 0 Å². The molecule has 0 amide bonds. The van der Waals surface area contributed by atoms with Crippen molar-refractivity contribution < 1.29 is 4.79 Å². The Morgan fingerprint density at radius 1 is 1.12 bits per heavy atom. The number of nitrogens with zero attached hydrogens (tertiary/aromatic N) is 4. The zero-order valence-corrected chi connectivity index (χ0v) is 16.7. The molecule has 0 spiro atoms.